The Morgan fingerprint density at radius 2 is 2.29 bits per heavy atom. The third kappa shape index (κ3) is 4.15. The van der Waals surface area contributed by atoms with Gasteiger partial charge in [-0.15, -0.1) is 10.2 Å². The number of nitrogens with zero attached hydrogens (tertiary/aromatic N) is 2. The van der Waals surface area contributed by atoms with Crippen molar-refractivity contribution in [1.29, 1.82) is 0 Å². The zero-order valence-electron chi connectivity index (χ0n) is 8.33. The number of rotatable bonds is 5. The van der Waals surface area contributed by atoms with Crippen LogP contribution in [0.15, 0.2) is 12.1 Å². The Morgan fingerprint density at radius 1 is 1.50 bits per heavy atom. The van der Waals surface area contributed by atoms with Crippen LogP contribution >= 0.6 is 23.4 Å². The fourth-order valence-electron chi connectivity index (χ4n) is 1.03. The maximum absolute atomic E-state index is 5.62. The van der Waals surface area contributed by atoms with E-state index in [4.69, 9.17) is 11.6 Å². The normalized spacial score (nSPS) is 12.5. The van der Waals surface area contributed by atoms with Crippen LogP contribution < -0.4 is 5.32 Å². The molecule has 5 heteroatoms. The summed E-state index contributed by atoms with van der Waals surface area (Å²) in [4.78, 5) is 0. The summed E-state index contributed by atoms with van der Waals surface area (Å²) in [5.74, 6) is 2.55. The molecular formula is C9H14ClN3S. The Bertz CT molecular complexity index is 265. The van der Waals surface area contributed by atoms with Gasteiger partial charge in [0.1, 0.15) is 5.82 Å². The van der Waals surface area contributed by atoms with Crippen molar-refractivity contribution in [2.24, 2.45) is 5.92 Å². The minimum atomic E-state index is 0.424. The van der Waals surface area contributed by atoms with Crippen LogP contribution in [-0.2, 0) is 0 Å². The SMILES string of the molecule is CSCC(C)CNc1ccc(Cl)nn1. The van der Waals surface area contributed by atoms with Gasteiger partial charge in [0, 0.05) is 6.54 Å². The molecule has 0 radical (unpaired) electrons. The molecule has 0 spiro atoms. The molecule has 0 saturated carbocycles. The standard InChI is InChI=1S/C9H14ClN3S/c1-7(6-14-2)5-11-9-4-3-8(10)12-13-9/h3-4,7H,5-6H2,1-2H3,(H,11,13). The van der Waals surface area contributed by atoms with Gasteiger partial charge in [0.15, 0.2) is 5.15 Å². The highest BCUT2D eigenvalue weighted by Crippen LogP contribution is 2.08. The van der Waals surface area contributed by atoms with Gasteiger partial charge in [-0.1, -0.05) is 18.5 Å². The van der Waals surface area contributed by atoms with Crippen LogP contribution in [0.4, 0.5) is 5.82 Å². The van der Waals surface area contributed by atoms with Crippen molar-refractivity contribution in [3.63, 3.8) is 0 Å². The highest BCUT2D eigenvalue weighted by atomic mass is 35.5. The van der Waals surface area contributed by atoms with Crippen LogP contribution in [0.3, 0.4) is 0 Å². The molecule has 1 atom stereocenters. The van der Waals surface area contributed by atoms with Crippen molar-refractivity contribution in [2.45, 2.75) is 6.92 Å². The predicted octanol–water partition coefficient (Wildman–Crippen LogP) is 2.54. The van der Waals surface area contributed by atoms with Crippen molar-refractivity contribution in [3.05, 3.63) is 17.3 Å². The zero-order valence-corrected chi connectivity index (χ0v) is 9.90. The van der Waals surface area contributed by atoms with Crippen LogP contribution in [0.1, 0.15) is 6.92 Å². The van der Waals surface area contributed by atoms with Gasteiger partial charge in [0.2, 0.25) is 0 Å². The van der Waals surface area contributed by atoms with Gasteiger partial charge in [-0.3, -0.25) is 0 Å². The molecule has 3 nitrogen and oxygen atoms in total. The number of halogens is 1. The van der Waals surface area contributed by atoms with Gasteiger partial charge in [-0.25, -0.2) is 0 Å². The first kappa shape index (κ1) is 11.6. The molecule has 0 bridgehead atoms. The molecular weight excluding hydrogens is 218 g/mol. The van der Waals surface area contributed by atoms with Crippen LogP contribution in [-0.4, -0.2) is 28.8 Å². The molecule has 1 N–H and O–H groups in total. The van der Waals surface area contributed by atoms with Crippen molar-refractivity contribution < 1.29 is 0 Å². The van der Waals surface area contributed by atoms with Crippen molar-refractivity contribution in [3.8, 4) is 0 Å². The van der Waals surface area contributed by atoms with E-state index >= 15 is 0 Å². The Balaban J connectivity index is 2.34. The molecule has 1 aromatic heterocycles. The molecule has 0 aliphatic rings. The number of nitrogens with one attached hydrogen (secondary N) is 1. The van der Waals surface area contributed by atoms with Crippen molar-refractivity contribution in [2.75, 3.05) is 23.9 Å². The molecule has 14 heavy (non-hydrogen) atoms. The number of hydrogen-bond acceptors (Lipinski definition) is 4. The smallest absolute Gasteiger partial charge is 0.151 e. The van der Waals surface area contributed by atoms with Gasteiger partial charge in [0.05, 0.1) is 0 Å². The second kappa shape index (κ2) is 6.09. The first-order valence-corrected chi connectivity index (χ1v) is 6.21. The fourth-order valence-corrected chi connectivity index (χ4v) is 1.82. The summed E-state index contributed by atoms with van der Waals surface area (Å²) in [6.07, 6.45) is 2.11. The topological polar surface area (TPSA) is 37.8 Å². The van der Waals surface area contributed by atoms with Crippen LogP contribution in [0, 0.1) is 5.92 Å². The third-order valence-corrected chi connectivity index (χ3v) is 2.82. The van der Waals surface area contributed by atoms with E-state index in [2.05, 4.69) is 28.7 Å². The fraction of sp³-hybridized carbons (Fsp3) is 0.556. The molecule has 1 rings (SSSR count). The maximum Gasteiger partial charge on any atom is 0.151 e. The largest absolute Gasteiger partial charge is 0.368 e. The van der Waals surface area contributed by atoms with E-state index in [1.54, 1.807) is 6.07 Å². The molecule has 0 aromatic carbocycles. The van der Waals surface area contributed by atoms with E-state index in [0.29, 0.717) is 11.1 Å². The number of aromatic nitrogens is 2. The lowest BCUT2D eigenvalue weighted by molar-refractivity contribution is 0.698. The average Bonchev–Trinajstić information content (AvgIpc) is 2.17. The van der Waals surface area contributed by atoms with Crippen LogP contribution in [0.2, 0.25) is 5.15 Å². The lowest BCUT2D eigenvalue weighted by Gasteiger charge is -2.10. The van der Waals surface area contributed by atoms with Gasteiger partial charge in [-0.2, -0.15) is 11.8 Å². The molecule has 0 saturated heterocycles. The maximum atomic E-state index is 5.62. The summed E-state index contributed by atoms with van der Waals surface area (Å²) >= 11 is 7.47. The van der Waals surface area contributed by atoms with Gasteiger partial charge < -0.3 is 5.32 Å². The summed E-state index contributed by atoms with van der Waals surface area (Å²) in [5, 5.41) is 11.3. The van der Waals surface area contributed by atoms with Gasteiger partial charge >= 0.3 is 0 Å². The van der Waals surface area contributed by atoms with E-state index in [1.807, 2.05) is 17.8 Å². The van der Waals surface area contributed by atoms with E-state index in [1.165, 1.54) is 0 Å². The first-order valence-electron chi connectivity index (χ1n) is 4.44. The lowest BCUT2D eigenvalue weighted by Crippen LogP contribution is -2.14. The summed E-state index contributed by atoms with van der Waals surface area (Å²) in [6.45, 7) is 3.12. The highest BCUT2D eigenvalue weighted by molar-refractivity contribution is 7.98. The molecule has 1 unspecified atom stereocenters. The summed E-state index contributed by atoms with van der Waals surface area (Å²) in [6, 6.07) is 3.57. The van der Waals surface area contributed by atoms with Crippen molar-refractivity contribution >= 4 is 29.2 Å². The Hall–Kier alpha value is -0.480. The molecule has 0 amide bonds. The van der Waals surface area contributed by atoms with Gasteiger partial charge in [-0.05, 0) is 30.1 Å². The minimum absolute atomic E-state index is 0.424. The molecule has 0 fully saturated rings. The third-order valence-electron chi connectivity index (χ3n) is 1.71. The minimum Gasteiger partial charge on any atom is -0.368 e. The Morgan fingerprint density at radius 3 is 2.86 bits per heavy atom. The van der Waals surface area contributed by atoms with Gasteiger partial charge in [0.25, 0.3) is 0 Å². The first-order chi connectivity index (χ1) is 6.72. The van der Waals surface area contributed by atoms with Crippen molar-refractivity contribution in [1.82, 2.24) is 10.2 Å². The number of hydrogen-bond donors (Lipinski definition) is 1. The molecule has 78 valence electrons. The van der Waals surface area contributed by atoms with Crippen LogP contribution in [0.5, 0.6) is 0 Å². The molecule has 0 aliphatic heterocycles. The van der Waals surface area contributed by atoms with Crippen LogP contribution in [0.25, 0.3) is 0 Å². The Labute approximate surface area is 93.6 Å². The van der Waals surface area contributed by atoms with E-state index in [9.17, 15) is 0 Å². The molecule has 1 aromatic rings. The zero-order chi connectivity index (χ0) is 10.4. The summed E-state index contributed by atoms with van der Waals surface area (Å²) < 4.78 is 0. The van der Waals surface area contributed by atoms with E-state index < -0.39 is 0 Å². The monoisotopic (exact) mass is 231 g/mol. The summed E-state index contributed by atoms with van der Waals surface area (Å²) in [5.41, 5.74) is 0. The molecule has 0 aliphatic carbocycles. The number of anilines is 1. The second-order valence-electron chi connectivity index (χ2n) is 3.18. The molecule has 1 heterocycles. The van der Waals surface area contributed by atoms with E-state index in [-0.39, 0.29) is 0 Å². The average molecular weight is 232 g/mol. The Kier molecular flexibility index (Phi) is 5.04. The quantitative estimate of drug-likeness (QED) is 0.845. The lowest BCUT2D eigenvalue weighted by atomic mass is 10.2. The second-order valence-corrected chi connectivity index (χ2v) is 4.48. The number of thioether (sulfide) groups is 1. The van der Waals surface area contributed by atoms with E-state index in [0.717, 1.165) is 18.1 Å². The summed E-state index contributed by atoms with van der Waals surface area (Å²) in [7, 11) is 0. The predicted molar refractivity (Wildman–Crippen MR) is 63.1 cm³/mol. The highest BCUT2D eigenvalue weighted by Gasteiger charge is 2.01.